The molecule has 1 N–H and O–H groups in total. The normalized spacial score (nSPS) is 12.8. The number of rotatable bonds is 6. The molecule has 1 atom stereocenters. The quantitative estimate of drug-likeness (QED) is 0.792. The highest BCUT2D eigenvalue weighted by atomic mass is 16.3. The minimum atomic E-state index is -0.0690. The smallest absolute Gasteiger partial charge is 0.147 e. The Morgan fingerprint density at radius 2 is 2.06 bits per heavy atom. The lowest BCUT2D eigenvalue weighted by atomic mass is 10.2. The van der Waals surface area contributed by atoms with E-state index >= 15 is 0 Å². The van der Waals surface area contributed by atoms with E-state index in [1.54, 1.807) is 12.4 Å². The fraction of sp³-hybridized carbons (Fsp3) is 0.667. The molecule has 0 bridgehead atoms. The van der Waals surface area contributed by atoms with Crippen molar-refractivity contribution < 1.29 is 5.11 Å². The molecular formula is C12H22N4O. The van der Waals surface area contributed by atoms with Crippen LogP contribution in [0.1, 0.15) is 19.5 Å². The van der Waals surface area contributed by atoms with E-state index in [2.05, 4.69) is 47.7 Å². The third-order valence-electron chi connectivity index (χ3n) is 2.63. The van der Waals surface area contributed by atoms with Crippen LogP contribution in [0.25, 0.3) is 0 Å². The molecule has 1 aromatic rings. The van der Waals surface area contributed by atoms with Crippen molar-refractivity contribution in [3.8, 4) is 0 Å². The number of likely N-dealkylation sites (N-methyl/N-ethyl adjacent to an activating group) is 2. The van der Waals surface area contributed by atoms with Crippen LogP contribution >= 0.6 is 0 Å². The number of hydrogen-bond acceptors (Lipinski definition) is 5. The van der Waals surface area contributed by atoms with Gasteiger partial charge in [0.1, 0.15) is 5.82 Å². The second-order valence-corrected chi connectivity index (χ2v) is 4.42. The van der Waals surface area contributed by atoms with Crippen LogP contribution < -0.4 is 4.90 Å². The second-order valence-electron chi connectivity index (χ2n) is 4.42. The van der Waals surface area contributed by atoms with Crippen LogP contribution in [-0.4, -0.2) is 53.2 Å². The fourth-order valence-electron chi connectivity index (χ4n) is 1.94. The first-order chi connectivity index (χ1) is 8.08. The molecule has 0 amide bonds. The molecule has 1 rings (SSSR count). The molecule has 0 radical (unpaired) electrons. The van der Waals surface area contributed by atoms with Crippen molar-refractivity contribution >= 4 is 5.82 Å². The molecule has 1 aromatic heterocycles. The molecule has 0 saturated carbocycles. The van der Waals surface area contributed by atoms with Crippen LogP contribution in [0.4, 0.5) is 5.82 Å². The average Bonchev–Trinajstić information content (AvgIpc) is 2.29. The fourth-order valence-corrected chi connectivity index (χ4v) is 1.94. The van der Waals surface area contributed by atoms with Crippen LogP contribution in [0, 0.1) is 0 Å². The van der Waals surface area contributed by atoms with Gasteiger partial charge in [-0.1, -0.05) is 0 Å². The van der Waals surface area contributed by atoms with E-state index in [0.29, 0.717) is 11.7 Å². The summed E-state index contributed by atoms with van der Waals surface area (Å²) < 4.78 is 0. The van der Waals surface area contributed by atoms with Crippen molar-refractivity contribution in [3.63, 3.8) is 0 Å². The van der Waals surface area contributed by atoms with Gasteiger partial charge in [0.15, 0.2) is 0 Å². The monoisotopic (exact) mass is 238 g/mol. The predicted molar refractivity (Wildman–Crippen MR) is 69.0 cm³/mol. The SMILES string of the molecule is CCN(c1cncc(CO)n1)C(C)CN(C)C. The standard InChI is InChI=1S/C12H22N4O/c1-5-16(10(2)8-15(3)4)12-7-13-6-11(9-17)14-12/h6-7,10,17H,5,8-9H2,1-4H3. The largest absolute Gasteiger partial charge is 0.390 e. The van der Waals surface area contributed by atoms with Gasteiger partial charge in [-0.25, -0.2) is 4.98 Å². The zero-order valence-electron chi connectivity index (χ0n) is 11.1. The number of anilines is 1. The summed E-state index contributed by atoms with van der Waals surface area (Å²) in [4.78, 5) is 12.8. The Labute approximate surface area is 103 Å². The van der Waals surface area contributed by atoms with Crippen molar-refractivity contribution in [2.45, 2.75) is 26.5 Å². The van der Waals surface area contributed by atoms with Gasteiger partial charge in [0.25, 0.3) is 0 Å². The molecule has 1 unspecified atom stereocenters. The van der Waals surface area contributed by atoms with Gasteiger partial charge in [-0.3, -0.25) is 4.98 Å². The van der Waals surface area contributed by atoms with E-state index in [1.165, 1.54) is 0 Å². The summed E-state index contributed by atoms with van der Waals surface area (Å²) in [6.45, 7) is 6.02. The van der Waals surface area contributed by atoms with Crippen molar-refractivity contribution in [2.24, 2.45) is 0 Å². The molecule has 0 fully saturated rings. The first-order valence-electron chi connectivity index (χ1n) is 5.91. The number of aromatic nitrogens is 2. The highest BCUT2D eigenvalue weighted by Crippen LogP contribution is 2.13. The number of aliphatic hydroxyl groups is 1. The summed E-state index contributed by atoms with van der Waals surface area (Å²) >= 11 is 0. The lowest BCUT2D eigenvalue weighted by Gasteiger charge is -2.30. The Hall–Kier alpha value is -1.20. The highest BCUT2D eigenvalue weighted by molar-refractivity contribution is 5.37. The van der Waals surface area contributed by atoms with E-state index in [1.807, 2.05) is 0 Å². The van der Waals surface area contributed by atoms with Gasteiger partial charge in [-0.05, 0) is 27.9 Å². The summed E-state index contributed by atoms with van der Waals surface area (Å²) in [5.41, 5.74) is 0.609. The summed E-state index contributed by atoms with van der Waals surface area (Å²) in [5.74, 6) is 0.827. The maximum absolute atomic E-state index is 9.07. The molecule has 0 aromatic carbocycles. The van der Waals surface area contributed by atoms with Gasteiger partial charge in [-0.2, -0.15) is 0 Å². The average molecular weight is 238 g/mol. The molecule has 0 aliphatic carbocycles. The Morgan fingerprint density at radius 1 is 1.35 bits per heavy atom. The number of aliphatic hydroxyl groups excluding tert-OH is 1. The number of nitrogens with zero attached hydrogens (tertiary/aromatic N) is 4. The first kappa shape index (κ1) is 13.9. The third-order valence-corrected chi connectivity index (χ3v) is 2.63. The van der Waals surface area contributed by atoms with Crippen molar-refractivity contribution in [1.82, 2.24) is 14.9 Å². The molecule has 1 heterocycles. The predicted octanol–water partition coefficient (Wildman–Crippen LogP) is 0.745. The Balaban J connectivity index is 2.84. The van der Waals surface area contributed by atoms with Gasteiger partial charge >= 0.3 is 0 Å². The molecule has 96 valence electrons. The first-order valence-corrected chi connectivity index (χ1v) is 5.91. The second kappa shape index (κ2) is 6.51. The van der Waals surface area contributed by atoms with Gasteiger partial charge in [0.05, 0.1) is 24.7 Å². The van der Waals surface area contributed by atoms with Gasteiger partial charge in [-0.15, -0.1) is 0 Å². The molecule has 0 saturated heterocycles. The molecule has 5 nitrogen and oxygen atoms in total. The van der Waals surface area contributed by atoms with E-state index in [-0.39, 0.29) is 6.61 Å². The van der Waals surface area contributed by atoms with Crippen molar-refractivity contribution in [1.29, 1.82) is 0 Å². The van der Waals surface area contributed by atoms with E-state index in [4.69, 9.17) is 5.11 Å². The van der Waals surface area contributed by atoms with Crippen LogP contribution in [0.3, 0.4) is 0 Å². The molecule has 5 heteroatoms. The molecule has 0 aliphatic rings. The van der Waals surface area contributed by atoms with Crippen molar-refractivity contribution in [2.75, 3.05) is 32.1 Å². The minimum Gasteiger partial charge on any atom is -0.390 e. The summed E-state index contributed by atoms with van der Waals surface area (Å²) in [5, 5.41) is 9.07. The lowest BCUT2D eigenvalue weighted by molar-refractivity contribution is 0.276. The zero-order chi connectivity index (χ0) is 12.8. The van der Waals surface area contributed by atoms with E-state index < -0.39 is 0 Å². The summed E-state index contributed by atoms with van der Waals surface area (Å²) in [6.07, 6.45) is 3.34. The third kappa shape index (κ3) is 3.94. The maximum Gasteiger partial charge on any atom is 0.147 e. The zero-order valence-corrected chi connectivity index (χ0v) is 11.1. The van der Waals surface area contributed by atoms with Crippen LogP contribution in [0.5, 0.6) is 0 Å². The van der Waals surface area contributed by atoms with E-state index in [0.717, 1.165) is 18.9 Å². The van der Waals surface area contributed by atoms with E-state index in [9.17, 15) is 0 Å². The van der Waals surface area contributed by atoms with Crippen molar-refractivity contribution in [3.05, 3.63) is 18.1 Å². The van der Waals surface area contributed by atoms with Gasteiger partial charge in [0.2, 0.25) is 0 Å². The van der Waals surface area contributed by atoms with Gasteiger partial charge in [0, 0.05) is 19.1 Å². The topological polar surface area (TPSA) is 52.5 Å². The summed E-state index contributed by atoms with van der Waals surface area (Å²) in [7, 11) is 4.11. The Morgan fingerprint density at radius 3 is 2.59 bits per heavy atom. The van der Waals surface area contributed by atoms with Crippen LogP contribution in [0.15, 0.2) is 12.4 Å². The van der Waals surface area contributed by atoms with Crippen LogP contribution in [0.2, 0.25) is 0 Å². The Kier molecular flexibility index (Phi) is 5.31. The Bertz CT molecular complexity index is 343. The lowest BCUT2D eigenvalue weighted by Crippen LogP contribution is -2.40. The van der Waals surface area contributed by atoms with Crippen LogP contribution in [-0.2, 0) is 6.61 Å². The molecule has 0 aliphatic heterocycles. The molecule has 17 heavy (non-hydrogen) atoms. The maximum atomic E-state index is 9.07. The minimum absolute atomic E-state index is 0.0690. The summed E-state index contributed by atoms with van der Waals surface area (Å²) in [6, 6.07) is 0.359. The van der Waals surface area contributed by atoms with Gasteiger partial charge < -0.3 is 14.9 Å². The molecular weight excluding hydrogens is 216 g/mol. The number of hydrogen-bond donors (Lipinski definition) is 1. The molecule has 0 spiro atoms. The highest BCUT2D eigenvalue weighted by Gasteiger charge is 2.15.